The quantitative estimate of drug-likeness (QED) is 0.298. The molecular weight excluding hydrogens is 588 g/mol. The van der Waals surface area contributed by atoms with E-state index in [4.69, 9.17) is 21.9 Å². The Kier molecular flexibility index (Phi) is 11.5. The molecule has 11 nitrogen and oxygen atoms in total. The molecule has 242 valence electrons. The number of piperidine rings is 1. The van der Waals surface area contributed by atoms with E-state index < -0.39 is 5.41 Å². The van der Waals surface area contributed by atoms with Crippen LogP contribution in [0.25, 0.3) is 5.70 Å². The van der Waals surface area contributed by atoms with Crippen LogP contribution in [0, 0.1) is 11.3 Å². The molecular formula is C33H46N8O3S. The van der Waals surface area contributed by atoms with Gasteiger partial charge in [0.15, 0.2) is 0 Å². The number of likely N-dealkylation sites (tertiary alicyclic amines) is 1. The van der Waals surface area contributed by atoms with Gasteiger partial charge in [0, 0.05) is 54.3 Å². The van der Waals surface area contributed by atoms with Gasteiger partial charge in [0.1, 0.15) is 17.4 Å². The largest absolute Gasteiger partial charge is 0.399 e. The highest BCUT2D eigenvalue weighted by atomic mass is 32.2. The van der Waals surface area contributed by atoms with Gasteiger partial charge in [-0.15, -0.1) is 0 Å². The Morgan fingerprint density at radius 2 is 1.80 bits per heavy atom. The van der Waals surface area contributed by atoms with Gasteiger partial charge in [-0.25, -0.2) is 9.98 Å². The summed E-state index contributed by atoms with van der Waals surface area (Å²) in [5.41, 5.74) is 22.3. The molecule has 3 aliphatic rings. The number of anilines is 2. The number of nitrogens with one attached hydrogen (secondary N) is 1. The van der Waals surface area contributed by atoms with Crippen LogP contribution < -0.4 is 22.5 Å². The molecule has 0 bridgehead atoms. The summed E-state index contributed by atoms with van der Waals surface area (Å²) in [6.45, 7) is 10.8. The molecule has 12 heteroatoms. The van der Waals surface area contributed by atoms with E-state index in [2.05, 4.69) is 40.4 Å². The lowest BCUT2D eigenvalue weighted by Crippen LogP contribution is -2.55. The van der Waals surface area contributed by atoms with Crippen molar-refractivity contribution in [2.24, 2.45) is 27.8 Å². The molecule has 0 radical (unpaired) electrons. The van der Waals surface area contributed by atoms with E-state index in [0.717, 1.165) is 49.4 Å². The molecule has 2 fully saturated rings. The van der Waals surface area contributed by atoms with Crippen molar-refractivity contribution in [1.82, 2.24) is 14.2 Å². The van der Waals surface area contributed by atoms with Gasteiger partial charge in [-0.05, 0) is 67.8 Å². The summed E-state index contributed by atoms with van der Waals surface area (Å²) < 4.78 is 7.40. The van der Waals surface area contributed by atoms with Crippen LogP contribution in [0.15, 0.2) is 65.2 Å². The van der Waals surface area contributed by atoms with Gasteiger partial charge in [0.2, 0.25) is 5.91 Å². The number of hydrogen-bond donors (Lipinski definition) is 4. The summed E-state index contributed by atoms with van der Waals surface area (Å²) in [6, 6.07) is 10.2. The molecule has 7 N–H and O–H groups in total. The van der Waals surface area contributed by atoms with E-state index in [1.165, 1.54) is 12.6 Å². The zero-order valence-electron chi connectivity index (χ0n) is 26.7. The third-order valence-corrected chi connectivity index (χ3v) is 9.06. The number of ether oxygens (including phenoxy) is 1. The van der Waals surface area contributed by atoms with E-state index in [0.29, 0.717) is 53.4 Å². The lowest BCUT2D eigenvalue weighted by atomic mass is 9.85. The number of benzene rings is 1. The Bertz CT molecular complexity index is 1450. The van der Waals surface area contributed by atoms with Gasteiger partial charge in [0.05, 0.1) is 24.3 Å². The topological polar surface area (TPSA) is 165 Å². The number of rotatable bonds is 8. The smallest absolute Gasteiger partial charge is 0.256 e. The molecule has 4 heterocycles. The molecule has 3 aliphatic heterocycles. The number of carbonyl (C=O) groups excluding carboxylic acids is 2. The van der Waals surface area contributed by atoms with Crippen LogP contribution in [0.1, 0.15) is 69.3 Å². The molecule has 0 spiro atoms. The van der Waals surface area contributed by atoms with Gasteiger partial charge in [0.25, 0.3) is 5.91 Å². The van der Waals surface area contributed by atoms with Crippen molar-refractivity contribution >= 4 is 46.8 Å². The first-order valence-corrected chi connectivity index (χ1v) is 16.5. The van der Waals surface area contributed by atoms with Crippen molar-refractivity contribution in [2.75, 3.05) is 43.1 Å². The van der Waals surface area contributed by atoms with E-state index >= 15 is 0 Å². The van der Waals surface area contributed by atoms with Gasteiger partial charge in [-0.2, -0.15) is 0 Å². The van der Waals surface area contributed by atoms with Crippen LogP contribution in [0.5, 0.6) is 0 Å². The minimum atomic E-state index is -0.391. The van der Waals surface area contributed by atoms with Gasteiger partial charge < -0.3 is 32.2 Å². The first-order valence-electron chi connectivity index (χ1n) is 15.6. The van der Waals surface area contributed by atoms with Crippen molar-refractivity contribution in [1.29, 1.82) is 0 Å². The lowest BCUT2D eigenvalue weighted by molar-refractivity contribution is -0.170. The van der Waals surface area contributed by atoms with Crippen LogP contribution in [0.2, 0.25) is 0 Å². The normalized spacial score (nSPS) is 20.1. The maximum atomic E-state index is 13.1. The molecule has 2 aromatic rings. The number of carbonyl (C=O) groups is 2. The average molecular weight is 635 g/mol. The Balaban J connectivity index is 0.00000148. The van der Waals surface area contributed by atoms with Gasteiger partial charge in [-0.1, -0.05) is 39.3 Å². The monoisotopic (exact) mass is 634 g/mol. The number of pyridine rings is 1. The molecule has 1 atom stereocenters. The number of hydrogen-bond acceptors (Lipinski definition) is 10. The van der Waals surface area contributed by atoms with Crippen LogP contribution in [-0.2, 0) is 9.53 Å². The SMILES string of the molecule is CCC.CCC1=CN=C(N)/C(=C(/N)c2ccc(C(=O)Nc3cc(N)ccn3)cc2)N1SC[C@@H]1CCCN(C(=O)C2(C)COC2)C1. The van der Waals surface area contributed by atoms with Crippen molar-refractivity contribution in [3.63, 3.8) is 0 Å². The molecule has 2 amide bonds. The van der Waals surface area contributed by atoms with E-state index in [-0.39, 0.29) is 11.8 Å². The molecule has 1 aromatic heterocycles. The molecule has 45 heavy (non-hydrogen) atoms. The highest BCUT2D eigenvalue weighted by molar-refractivity contribution is 7.97. The Hall–Kier alpha value is -4.03. The summed E-state index contributed by atoms with van der Waals surface area (Å²) in [5.74, 6) is 1.72. The first-order chi connectivity index (χ1) is 21.6. The first kappa shape index (κ1) is 33.9. The Morgan fingerprint density at radius 3 is 2.42 bits per heavy atom. The highest BCUT2D eigenvalue weighted by Gasteiger charge is 2.44. The molecule has 2 saturated heterocycles. The van der Waals surface area contributed by atoms with Crippen LogP contribution >= 0.6 is 11.9 Å². The summed E-state index contributed by atoms with van der Waals surface area (Å²) in [7, 11) is 0. The summed E-state index contributed by atoms with van der Waals surface area (Å²) in [5, 5.41) is 2.75. The number of aliphatic imine (C=N–C) groups is 1. The fourth-order valence-corrected chi connectivity index (χ4v) is 6.55. The third kappa shape index (κ3) is 8.17. The Labute approximate surface area is 270 Å². The molecule has 1 aromatic carbocycles. The number of nitrogen functional groups attached to an aromatic ring is 1. The summed E-state index contributed by atoms with van der Waals surface area (Å²) in [4.78, 5) is 36.4. The van der Waals surface area contributed by atoms with Crippen LogP contribution in [-0.4, -0.2) is 63.9 Å². The fourth-order valence-electron chi connectivity index (χ4n) is 5.26. The average Bonchev–Trinajstić information content (AvgIpc) is 3.02. The number of nitrogens with zero attached hydrogens (tertiary/aromatic N) is 4. The summed E-state index contributed by atoms with van der Waals surface area (Å²) >= 11 is 1.65. The number of nitrogens with two attached hydrogens (primary N) is 3. The van der Waals surface area contributed by atoms with Gasteiger partial charge in [-0.3, -0.25) is 13.9 Å². The molecule has 0 aliphatic carbocycles. The van der Waals surface area contributed by atoms with E-state index in [9.17, 15) is 9.59 Å². The number of aromatic nitrogens is 1. The van der Waals surface area contributed by atoms with Crippen molar-refractivity contribution in [2.45, 2.75) is 53.4 Å². The summed E-state index contributed by atoms with van der Waals surface area (Å²) in [6.07, 6.45) is 7.34. The van der Waals surface area contributed by atoms with Crippen LogP contribution in [0.4, 0.5) is 11.5 Å². The number of allylic oxidation sites excluding steroid dienone is 1. The standard InChI is InChI=1S/C30H38N8O3S.C3H8/c1-3-23-14-35-27(33)26(38(23)42-16-19-5-4-12-37(15-19)29(40)30(2)17-41-18-30)25(32)20-6-8-21(9-7-20)28(39)36-24-13-22(31)10-11-34-24;1-3-2/h6-11,13-14,19H,3-5,12,15-18,32H2,1-2H3,(H2,33,35)(H3,31,34,36,39);3H2,1-2H3/b26-25-;/t19-;/m1./s1. The second kappa shape index (κ2) is 15.3. The maximum Gasteiger partial charge on any atom is 0.256 e. The highest BCUT2D eigenvalue weighted by Crippen LogP contribution is 2.36. The minimum Gasteiger partial charge on any atom is -0.399 e. The zero-order chi connectivity index (χ0) is 32.6. The predicted octanol–water partition coefficient (Wildman–Crippen LogP) is 4.81. The molecule has 0 saturated carbocycles. The number of amides is 2. The lowest BCUT2D eigenvalue weighted by Gasteiger charge is -2.43. The van der Waals surface area contributed by atoms with E-state index in [1.54, 1.807) is 54.5 Å². The Morgan fingerprint density at radius 1 is 1.11 bits per heavy atom. The second-order valence-corrected chi connectivity index (χ2v) is 12.8. The van der Waals surface area contributed by atoms with Crippen LogP contribution in [0.3, 0.4) is 0 Å². The van der Waals surface area contributed by atoms with E-state index in [1.807, 2.05) is 11.8 Å². The number of amidine groups is 1. The predicted molar refractivity (Wildman–Crippen MR) is 183 cm³/mol. The van der Waals surface area contributed by atoms with Crippen molar-refractivity contribution < 1.29 is 14.3 Å². The molecule has 5 rings (SSSR count). The van der Waals surface area contributed by atoms with Crippen molar-refractivity contribution in [3.8, 4) is 0 Å². The van der Waals surface area contributed by atoms with Gasteiger partial charge >= 0.3 is 0 Å². The maximum absolute atomic E-state index is 13.1. The van der Waals surface area contributed by atoms with Crippen molar-refractivity contribution in [3.05, 3.63) is 71.3 Å². The zero-order valence-corrected chi connectivity index (χ0v) is 27.5. The third-order valence-electron chi connectivity index (χ3n) is 7.76. The minimum absolute atomic E-state index is 0.193. The molecule has 0 unspecified atom stereocenters. The fraction of sp³-hybridized carbons (Fsp3) is 0.455. The second-order valence-electron chi connectivity index (χ2n) is 11.9.